The summed E-state index contributed by atoms with van der Waals surface area (Å²) in [5.74, 6) is 1.67. The summed E-state index contributed by atoms with van der Waals surface area (Å²) in [7, 11) is 1.65. The largest absolute Gasteiger partial charge is 0.495 e. The summed E-state index contributed by atoms with van der Waals surface area (Å²) < 4.78 is 5.17. The molecule has 1 aromatic rings. The fourth-order valence-corrected chi connectivity index (χ4v) is 2.51. The highest BCUT2D eigenvalue weighted by Gasteiger charge is 2.15. The second kappa shape index (κ2) is 6.10. The molecule has 1 heterocycles. The normalized spacial score (nSPS) is 17.9. The van der Waals surface area contributed by atoms with Crippen molar-refractivity contribution in [2.45, 2.75) is 26.2 Å². The number of piperidine rings is 1. The standard InChI is InChI=1S/C15H24N2O/c1-12-5-8-17(9-6-12)10-7-13-3-4-15(18-2)14(16)11-13/h3-4,11-12H,5-10,16H2,1-2H3. The van der Waals surface area contributed by atoms with Gasteiger partial charge in [-0.05, 0) is 56.0 Å². The zero-order valence-electron chi connectivity index (χ0n) is 11.5. The summed E-state index contributed by atoms with van der Waals surface area (Å²) >= 11 is 0. The molecule has 0 aromatic heterocycles. The molecule has 100 valence electrons. The van der Waals surface area contributed by atoms with Crippen LogP contribution in [0.4, 0.5) is 5.69 Å². The van der Waals surface area contributed by atoms with E-state index < -0.39 is 0 Å². The monoisotopic (exact) mass is 248 g/mol. The third kappa shape index (κ3) is 3.39. The smallest absolute Gasteiger partial charge is 0.141 e. The first-order chi connectivity index (χ1) is 8.69. The molecule has 1 fully saturated rings. The molecule has 2 N–H and O–H groups in total. The highest BCUT2D eigenvalue weighted by Crippen LogP contribution is 2.22. The van der Waals surface area contributed by atoms with Crippen LogP contribution >= 0.6 is 0 Å². The van der Waals surface area contributed by atoms with Crippen molar-refractivity contribution >= 4 is 5.69 Å². The maximum Gasteiger partial charge on any atom is 0.141 e. The van der Waals surface area contributed by atoms with Crippen LogP contribution in [0.5, 0.6) is 5.75 Å². The Kier molecular flexibility index (Phi) is 4.48. The van der Waals surface area contributed by atoms with E-state index in [1.807, 2.05) is 12.1 Å². The third-order valence-corrected chi connectivity index (χ3v) is 3.89. The van der Waals surface area contributed by atoms with Crippen LogP contribution in [0, 0.1) is 5.92 Å². The van der Waals surface area contributed by atoms with E-state index in [9.17, 15) is 0 Å². The Morgan fingerprint density at radius 3 is 2.67 bits per heavy atom. The second-order valence-electron chi connectivity index (χ2n) is 5.35. The van der Waals surface area contributed by atoms with E-state index in [2.05, 4.69) is 17.9 Å². The second-order valence-corrected chi connectivity index (χ2v) is 5.35. The number of nitrogens with zero attached hydrogens (tertiary/aromatic N) is 1. The van der Waals surface area contributed by atoms with Crippen LogP contribution in [0.2, 0.25) is 0 Å². The molecule has 0 spiro atoms. The van der Waals surface area contributed by atoms with Crippen LogP contribution < -0.4 is 10.5 Å². The fourth-order valence-electron chi connectivity index (χ4n) is 2.51. The summed E-state index contributed by atoms with van der Waals surface area (Å²) in [4.78, 5) is 2.56. The molecule has 3 nitrogen and oxygen atoms in total. The zero-order chi connectivity index (χ0) is 13.0. The number of nitrogens with two attached hydrogens (primary N) is 1. The number of benzene rings is 1. The summed E-state index contributed by atoms with van der Waals surface area (Å²) in [6, 6.07) is 6.11. The molecule has 0 radical (unpaired) electrons. The Labute approximate surface area is 110 Å². The maximum absolute atomic E-state index is 5.92. The quantitative estimate of drug-likeness (QED) is 0.832. The Balaban J connectivity index is 1.84. The van der Waals surface area contributed by atoms with Gasteiger partial charge in [-0.1, -0.05) is 13.0 Å². The Morgan fingerprint density at radius 2 is 2.06 bits per heavy atom. The molecule has 2 rings (SSSR count). The van der Waals surface area contributed by atoms with Gasteiger partial charge < -0.3 is 15.4 Å². The lowest BCUT2D eigenvalue weighted by Crippen LogP contribution is -2.34. The van der Waals surface area contributed by atoms with Crippen molar-refractivity contribution in [3.63, 3.8) is 0 Å². The van der Waals surface area contributed by atoms with Crippen LogP contribution in [-0.2, 0) is 6.42 Å². The van der Waals surface area contributed by atoms with Gasteiger partial charge >= 0.3 is 0 Å². The predicted octanol–water partition coefficient (Wildman–Crippen LogP) is 2.55. The van der Waals surface area contributed by atoms with E-state index in [0.29, 0.717) is 0 Å². The number of hydrogen-bond donors (Lipinski definition) is 1. The highest BCUT2D eigenvalue weighted by atomic mass is 16.5. The van der Waals surface area contributed by atoms with E-state index >= 15 is 0 Å². The molecule has 3 heteroatoms. The number of rotatable bonds is 4. The van der Waals surface area contributed by atoms with Gasteiger partial charge in [0.1, 0.15) is 5.75 Å². The van der Waals surface area contributed by atoms with Crippen LogP contribution in [0.15, 0.2) is 18.2 Å². The van der Waals surface area contributed by atoms with Crippen molar-refractivity contribution < 1.29 is 4.74 Å². The number of hydrogen-bond acceptors (Lipinski definition) is 3. The van der Waals surface area contributed by atoms with Crippen molar-refractivity contribution in [3.8, 4) is 5.75 Å². The Bertz CT molecular complexity index is 384. The van der Waals surface area contributed by atoms with Crippen LogP contribution in [-0.4, -0.2) is 31.6 Å². The van der Waals surface area contributed by atoms with Crippen molar-refractivity contribution in [1.82, 2.24) is 4.90 Å². The Hall–Kier alpha value is -1.22. The first kappa shape index (κ1) is 13.2. The zero-order valence-corrected chi connectivity index (χ0v) is 11.5. The fraction of sp³-hybridized carbons (Fsp3) is 0.600. The van der Waals surface area contributed by atoms with Gasteiger partial charge in [-0.3, -0.25) is 0 Å². The van der Waals surface area contributed by atoms with Crippen molar-refractivity contribution in [2.24, 2.45) is 5.92 Å². The van der Waals surface area contributed by atoms with Crippen molar-refractivity contribution in [1.29, 1.82) is 0 Å². The lowest BCUT2D eigenvalue weighted by atomic mass is 9.99. The van der Waals surface area contributed by atoms with E-state index in [4.69, 9.17) is 10.5 Å². The number of methoxy groups -OCH3 is 1. The molecule has 1 aliphatic heterocycles. The van der Waals surface area contributed by atoms with Crippen LogP contribution in [0.3, 0.4) is 0 Å². The summed E-state index contributed by atoms with van der Waals surface area (Å²) in [6.07, 6.45) is 3.75. The average Bonchev–Trinajstić information content (AvgIpc) is 2.38. The molecule has 0 saturated carbocycles. The van der Waals surface area contributed by atoms with Gasteiger partial charge in [0.25, 0.3) is 0 Å². The minimum absolute atomic E-state index is 0.738. The summed E-state index contributed by atoms with van der Waals surface area (Å²) in [6.45, 7) is 5.97. The molecule has 0 aliphatic carbocycles. The number of ether oxygens (including phenoxy) is 1. The first-order valence-corrected chi connectivity index (χ1v) is 6.84. The topological polar surface area (TPSA) is 38.5 Å². The molecule has 0 bridgehead atoms. The molecule has 0 amide bonds. The molecule has 1 saturated heterocycles. The summed E-state index contributed by atoms with van der Waals surface area (Å²) in [5, 5.41) is 0. The molecular weight excluding hydrogens is 224 g/mol. The number of anilines is 1. The van der Waals surface area contributed by atoms with E-state index in [1.165, 1.54) is 31.5 Å². The van der Waals surface area contributed by atoms with E-state index in [-0.39, 0.29) is 0 Å². The SMILES string of the molecule is COc1ccc(CCN2CCC(C)CC2)cc1N. The van der Waals surface area contributed by atoms with E-state index in [0.717, 1.165) is 30.3 Å². The lowest BCUT2D eigenvalue weighted by molar-refractivity contribution is 0.194. The molecule has 18 heavy (non-hydrogen) atoms. The van der Waals surface area contributed by atoms with Crippen molar-refractivity contribution in [2.75, 3.05) is 32.5 Å². The molecule has 0 unspecified atom stereocenters. The van der Waals surface area contributed by atoms with E-state index in [1.54, 1.807) is 7.11 Å². The maximum atomic E-state index is 5.92. The Morgan fingerprint density at radius 1 is 1.33 bits per heavy atom. The van der Waals surface area contributed by atoms with Gasteiger partial charge in [0.15, 0.2) is 0 Å². The lowest BCUT2D eigenvalue weighted by Gasteiger charge is -2.30. The van der Waals surface area contributed by atoms with Crippen molar-refractivity contribution in [3.05, 3.63) is 23.8 Å². The molecule has 1 aliphatic rings. The molecule has 0 atom stereocenters. The van der Waals surface area contributed by atoms with Gasteiger partial charge in [0, 0.05) is 6.54 Å². The molecular formula is C15H24N2O. The van der Waals surface area contributed by atoms with Gasteiger partial charge in [0.2, 0.25) is 0 Å². The first-order valence-electron chi connectivity index (χ1n) is 6.84. The number of nitrogen functional groups attached to an aromatic ring is 1. The average molecular weight is 248 g/mol. The minimum Gasteiger partial charge on any atom is -0.495 e. The number of likely N-dealkylation sites (tertiary alicyclic amines) is 1. The predicted molar refractivity (Wildman–Crippen MR) is 75.9 cm³/mol. The third-order valence-electron chi connectivity index (χ3n) is 3.89. The van der Waals surface area contributed by atoms with Crippen LogP contribution in [0.25, 0.3) is 0 Å². The van der Waals surface area contributed by atoms with Gasteiger partial charge in [-0.25, -0.2) is 0 Å². The van der Waals surface area contributed by atoms with Gasteiger partial charge in [-0.15, -0.1) is 0 Å². The van der Waals surface area contributed by atoms with Gasteiger partial charge in [0.05, 0.1) is 12.8 Å². The van der Waals surface area contributed by atoms with Gasteiger partial charge in [-0.2, -0.15) is 0 Å². The molecule has 1 aromatic carbocycles. The minimum atomic E-state index is 0.738. The van der Waals surface area contributed by atoms with Crippen LogP contribution in [0.1, 0.15) is 25.3 Å². The summed E-state index contributed by atoms with van der Waals surface area (Å²) in [5.41, 5.74) is 7.96. The highest BCUT2D eigenvalue weighted by molar-refractivity contribution is 5.54.